The molecule has 1 N–H and O–H groups in total. The molecular formula is C17H17N3O. The van der Waals surface area contributed by atoms with E-state index in [1.54, 1.807) is 13.1 Å². The van der Waals surface area contributed by atoms with Crippen LogP contribution < -0.4 is 0 Å². The lowest BCUT2D eigenvalue weighted by Gasteiger charge is -2.10. The number of benzene rings is 1. The number of hydrogen-bond donors (Lipinski definition) is 1. The molecule has 0 amide bonds. The molecular weight excluding hydrogens is 262 g/mol. The van der Waals surface area contributed by atoms with E-state index < -0.39 is 6.10 Å². The van der Waals surface area contributed by atoms with Gasteiger partial charge < -0.3 is 5.11 Å². The molecule has 0 saturated heterocycles. The minimum absolute atomic E-state index is 0.564. The quantitative estimate of drug-likeness (QED) is 0.781. The summed E-state index contributed by atoms with van der Waals surface area (Å²) in [4.78, 5) is 13.5. The Balaban J connectivity index is 2.14. The zero-order valence-corrected chi connectivity index (χ0v) is 12.3. The van der Waals surface area contributed by atoms with Crippen LogP contribution in [0.4, 0.5) is 0 Å². The zero-order valence-electron chi connectivity index (χ0n) is 12.3. The van der Waals surface area contributed by atoms with Gasteiger partial charge in [0.25, 0.3) is 0 Å². The number of fused-ring (bicyclic) bond motifs is 1. The first kappa shape index (κ1) is 13.6. The minimum atomic E-state index is -0.564. The molecule has 0 aliphatic rings. The molecule has 1 aromatic carbocycles. The molecule has 0 saturated carbocycles. The van der Waals surface area contributed by atoms with Gasteiger partial charge in [-0.25, -0.2) is 15.0 Å². The monoisotopic (exact) mass is 279 g/mol. The van der Waals surface area contributed by atoms with Gasteiger partial charge in [-0.05, 0) is 38.5 Å². The van der Waals surface area contributed by atoms with Gasteiger partial charge in [-0.1, -0.05) is 18.2 Å². The summed E-state index contributed by atoms with van der Waals surface area (Å²) >= 11 is 0. The minimum Gasteiger partial charge on any atom is -0.389 e. The summed E-state index contributed by atoms with van der Waals surface area (Å²) in [6.07, 6.45) is 1.11. The van der Waals surface area contributed by atoms with E-state index >= 15 is 0 Å². The van der Waals surface area contributed by atoms with Gasteiger partial charge in [0.05, 0.1) is 11.6 Å². The first-order valence-electron chi connectivity index (χ1n) is 6.94. The first-order valence-corrected chi connectivity index (χ1v) is 6.94. The molecule has 2 heterocycles. The predicted octanol–water partition coefficient (Wildman–Crippen LogP) is 3.36. The summed E-state index contributed by atoms with van der Waals surface area (Å²) in [5, 5.41) is 10.8. The highest BCUT2D eigenvalue weighted by Crippen LogP contribution is 2.23. The van der Waals surface area contributed by atoms with Gasteiger partial charge in [0.2, 0.25) is 0 Å². The Kier molecular flexibility index (Phi) is 3.39. The largest absolute Gasteiger partial charge is 0.389 e. The Bertz CT molecular complexity index is 812. The van der Waals surface area contributed by atoms with Crippen LogP contribution in [0.1, 0.15) is 29.8 Å². The summed E-state index contributed by atoms with van der Waals surface area (Å²) in [7, 11) is 0. The second kappa shape index (κ2) is 5.22. The fourth-order valence-electron chi connectivity index (χ4n) is 2.47. The second-order valence-corrected chi connectivity index (χ2v) is 5.25. The molecule has 21 heavy (non-hydrogen) atoms. The van der Waals surface area contributed by atoms with Crippen LogP contribution in [0.3, 0.4) is 0 Å². The molecule has 4 heteroatoms. The number of aliphatic hydroxyl groups excluding tert-OH is 1. The summed E-state index contributed by atoms with van der Waals surface area (Å²) in [6, 6.07) is 10.0. The van der Waals surface area contributed by atoms with Gasteiger partial charge in [0.1, 0.15) is 5.69 Å². The maximum Gasteiger partial charge on any atom is 0.178 e. The number of aliphatic hydroxyl groups is 1. The molecule has 0 radical (unpaired) electrons. The van der Waals surface area contributed by atoms with E-state index in [-0.39, 0.29) is 0 Å². The van der Waals surface area contributed by atoms with Crippen molar-refractivity contribution in [3.8, 4) is 11.5 Å². The summed E-state index contributed by atoms with van der Waals surface area (Å²) in [5.74, 6) is 0.589. The van der Waals surface area contributed by atoms with Crippen molar-refractivity contribution in [3.05, 3.63) is 53.3 Å². The van der Waals surface area contributed by atoms with E-state index in [0.29, 0.717) is 5.82 Å². The molecule has 1 unspecified atom stereocenters. The maximum atomic E-state index is 9.66. The Hall–Kier alpha value is -2.33. The van der Waals surface area contributed by atoms with E-state index in [9.17, 15) is 5.11 Å². The SMILES string of the molecule is Cc1nc(-c2cc(C)c3ccccc3n2)ncc1C(C)O. The summed E-state index contributed by atoms with van der Waals surface area (Å²) in [5.41, 5.74) is 4.37. The van der Waals surface area contributed by atoms with Crippen molar-refractivity contribution in [2.24, 2.45) is 0 Å². The van der Waals surface area contributed by atoms with E-state index in [0.717, 1.165) is 33.4 Å². The third kappa shape index (κ3) is 2.50. The highest BCUT2D eigenvalue weighted by Gasteiger charge is 2.11. The second-order valence-electron chi connectivity index (χ2n) is 5.25. The van der Waals surface area contributed by atoms with E-state index in [4.69, 9.17) is 0 Å². The van der Waals surface area contributed by atoms with Crippen LogP contribution in [-0.4, -0.2) is 20.1 Å². The van der Waals surface area contributed by atoms with Gasteiger partial charge in [0.15, 0.2) is 5.82 Å². The van der Waals surface area contributed by atoms with Gasteiger partial charge in [-0.3, -0.25) is 0 Å². The number of pyridine rings is 1. The lowest BCUT2D eigenvalue weighted by atomic mass is 10.1. The Morgan fingerprint density at radius 3 is 2.57 bits per heavy atom. The third-order valence-corrected chi connectivity index (χ3v) is 3.62. The lowest BCUT2D eigenvalue weighted by Crippen LogP contribution is -2.02. The molecule has 4 nitrogen and oxygen atoms in total. The van der Waals surface area contributed by atoms with Crippen LogP contribution in [0.25, 0.3) is 22.4 Å². The van der Waals surface area contributed by atoms with E-state index in [2.05, 4.69) is 27.9 Å². The van der Waals surface area contributed by atoms with Crippen LogP contribution in [0.15, 0.2) is 36.5 Å². The number of rotatable bonds is 2. The highest BCUT2D eigenvalue weighted by atomic mass is 16.3. The third-order valence-electron chi connectivity index (χ3n) is 3.62. The van der Waals surface area contributed by atoms with Crippen molar-refractivity contribution in [2.75, 3.05) is 0 Å². The van der Waals surface area contributed by atoms with Crippen LogP contribution in [-0.2, 0) is 0 Å². The van der Waals surface area contributed by atoms with Gasteiger partial charge in [0, 0.05) is 22.8 Å². The van der Waals surface area contributed by atoms with Crippen molar-refractivity contribution >= 4 is 10.9 Å². The Morgan fingerprint density at radius 2 is 1.86 bits per heavy atom. The molecule has 0 aliphatic carbocycles. The number of hydrogen-bond acceptors (Lipinski definition) is 4. The smallest absolute Gasteiger partial charge is 0.178 e. The number of nitrogens with zero attached hydrogens (tertiary/aromatic N) is 3. The Morgan fingerprint density at radius 1 is 1.10 bits per heavy atom. The number of para-hydroxylation sites is 1. The molecule has 0 bridgehead atoms. The van der Waals surface area contributed by atoms with Crippen molar-refractivity contribution in [2.45, 2.75) is 26.9 Å². The van der Waals surface area contributed by atoms with Crippen molar-refractivity contribution in [3.63, 3.8) is 0 Å². The van der Waals surface area contributed by atoms with E-state index in [1.807, 2.05) is 31.2 Å². The van der Waals surface area contributed by atoms with E-state index in [1.165, 1.54) is 0 Å². The fourth-order valence-corrected chi connectivity index (χ4v) is 2.47. The molecule has 3 aromatic rings. The van der Waals surface area contributed by atoms with Crippen molar-refractivity contribution in [1.82, 2.24) is 15.0 Å². The lowest BCUT2D eigenvalue weighted by molar-refractivity contribution is 0.197. The topological polar surface area (TPSA) is 58.9 Å². The van der Waals surface area contributed by atoms with Crippen LogP contribution in [0.2, 0.25) is 0 Å². The normalized spacial score (nSPS) is 12.6. The summed E-state index contributed by atoms with van der Waals surface area (Å²) in [6.45, 7) is 5.65. The molecule has 1 atom stereocenters. The van der Waals surface area contributed by atoms with Gasteiger partial charge in [-0.2, -0.15) is 0 Å². The van der Waals surface area contributed by atoms with Crippen molar-refractivity contribution in [1.29, 1.82) is 0 Å². The molecule has 0 spiro atoms. The summed E-state index contributed by atoms with van der Waals surface area (Å²) < 4.78 is 0. The van der Waals surface area contributed by atoms with Crippen LogP contribution in [0, 0.1) is 13.8 Å². The van der Waals surface area contributed by atoms with Crippen molar-refractivity contribution < 1.29 is 5.11 Å². The number of aromatic nitrogens is 3. The van der Waals surface area contributed by atoms with Gasteiger partial charge in [-0.15, -0.1) is 0 Å². The number of aryl methyl sites for hydroxylation is 2. The van der Waals surface area contributed by atoms with Crippen LogP contribution >= 0.6 is 0 Å². The Labute approximate surface area is 123 Å². The van der Waals surface area contributed by atoms with Gasteiger partial charge >= 0.3 is 0 Å². The molecule has 106 valence electrons. The molecule has 2 aromatic heterocycles. The molecule has 3 rings (SSSR count). The first-order chi connectivity index (χ1) is 10.1. The molecule has 0 aliphatic heterocycles. The average Bonchev–Trinajstić information content (AvgIpc) is 2.46. The maximum absolute atomic E-state index is 9.66. The predicted molar refractivity (Wildman–Crippen MR) is 82.9 cm³/mol. The standard InChI is InChI=1S/C17H17N3O/c1-10-8-16(20-15-7-5-4-6-13(10)15)17-18-9-14(12(3)21)11(2)19-17/h4-9,12,21H,1-3H3. The molecule has 0 fully saturated rings. The fraction of sp³-hybridized carbons (Fsp3) is 0.235. The van der Waals surface area contributed by atoms with Crippen LogP contribution in [0.5, 0.6) is 0 Å². The average molecular weight is 279 g/mol. The zero-order chi connectivity index (χ0) is 15.0. The highest BCUT2D eigenvalue weighted by molar-refractivity contribution is 5.84.